The minimum atomic E-state index is -0.425. The second kappa shape index (κ2) is 8.16. The quantitative estimate of drug-likeness (QED) is 0.570. The number of aryl methyl sites for hydroxylation is 1. The molecule has 7 heteroatoms. The fraction of sp³-hybridized carbons (Fsp3) is 0.176. The van der Waals surface area contributed by atoms with Crippen molar-refractivity contribution >= 4 is 28.9 Å². The summed E-state index contributed by atoms with van der Waals surface area (Å²) in [6.07, 6.45) is 0. The Labute approximate surface area is 145 Å². The van der Waals surface area contributed by atoms with Gasteiger partial charge in [0, 0.05) is 0 Å². The Kier molecular flexibility index (Phi) is 5.97. The minimum absolute atomic E-state index is 0.0440. The number of hydrogen-bond donors (Lipinski definition) is 3. The molecular weight excluding hydrogens is 328 g/mol. The van der Waals surface area contributed by atoms with Gasteiger partial charge in [0.25, 0.3) is 5.91 Å². The highest BCUT2D eigenvalue weighted by Crippen LogP contribution is 2.25. The summed E-state index contributed by atoms with van der Waals surface area (Å²) in [6, 6.07) is 12.1. The second-order valence-electron chi connectivity index (χ2n) is 4.96. The zero-order valence-corrected chi connectivity index (χ0v) is 14.1. The maximum absolute atomic E-state index is 11.9. The Bertz CT molecular complexity index is 749. The number of phenolic OH excluding ortho intramolecular Hbond substituents is 1. The monoisotopic (exact) mass is 346 g/mol. The highest BCUT2D eigenvalue weighted by atomic mass is 32.1. The molecule has 2 aromatic carbocycles. The first-order valence-electron chi connectivity index (χ1n) is 7.16. The first-order valence-corrected chi connectivity index (χ1v) is 7.56. The van der Waals surface area contributed by atoms with Crippen LogP contribution in [-0.4, -0.2) is 29.8 Å². The number of thiocarbonyl (C=S) groups is 1. The molecule has 0 aliphatic carbocycles. The van der Waals surface area contributed by atoms with E-state index in [1.54, 1.807) is 42.5 Å². The van der Waals surface area contributed by atoms with Crippen molar-refractivity contribution in [2.75, 3.05) is 19.0 Å². The van der Waals surface area contributed by atoms with Crippen LogP contribution in [0, 0.1) is 6.92 Å². The SMILES string of the molecule is COc1ccccc1OCC(=O)NC(=S)Nc1cc(C)ccc1O. The van der Waals surface area contributed by atoms with Gasteiger partial charge in [0.2, 0.25) is 0 Å². The lowest BCUT2D eigenvalue weighted by Gasteiger charge is -2.13. The highest BCUT2D eigenvalue weighted by molar-refractivity contribution is 7.80. The number of methoxy groups -OCH3 is 1. The summed E-state index contributed by atoms with van der Waals surface area (Å²) < 4.78 is 10.5. The average molecular weight is 346 g/mol. The molecule has 0 aliphatic rings. The fourth-order valence-electron chi connectivity index (χ4n) is 1.95. The van der Waals surface area contributed by atoms with E-state index in [1.807, 2.05) is 6.92 Å². The molecule has 0 radical (unpaired) electrons. The number of phenols is 1. The highest BCUT2D eigenvalue weighted by Gasteiger charge is 2.10. The molecule has 3 N–H and O–H groups in total. The predicted molar refractivity (Wildman–Crippen MR) is 95.7 cm³/mol. The van der Waals surface area contributed by atoms with E-state index in [0.717, 1.165) is 5.56 Å². The van der Waals surface area contributed by atoms with Gasteiger partial charge < -0.3 is 19.9 Å². The van der Waals surface area contributed by atoms with E-state index in [1.165, 1.54) is 7.11 Å². The normalized spacial score (nSPS) is 9.92. The van der Waals surface area contributed by atoms with Crippen LogP contribution in [0.4, 0.5) is 5.69 Å². The van der Waals surface area contributed by atoms with Crippen LogP contribution in [-0.2, 0) is 4.79 Å². The van der Waals surface area contributed by atoms with E-state index >= 15 is 0 Å². The summed E-state index contributed by atoms with van der Waals surface area (Å²) >= 11 is 5.06. The molecule has 0 aliphatic heterocycles. The number of aromatic hydroxyl groups is 1. The largest absolute Gasteiger partial charge is 0.506 e. The van der Waals surface area contributed by atoms with E-state index in [9.17, 15) is 9.90 Å². The van der Waals surface area contributed by atoms with Gasteiger partial charge in [0.05, 0.1) is 12.8 Å². The van der Waals surface area contributed by atoms with E-state index in [0.29, 0.717) is 17.2 Å². The molecule has 0 saturated heterocycles. The van der Waals surface area contributed by atoms with Crippen LogP contribution in [0.2, 0.25) is 0 Å². The number of carbonyl (C=O) groups excluding carboxylic acids is 1. The van der Waals surface area contributed by atoms with Crippen molar-refractivity contribution in [1.29, 1.82) is 0 Å². The van der Waals surface area contributed by atoms with Gasteiger partial charge in [-0.25, -0.2) is 0 Å². The number of nitrogens with one attached hydrogen (secondary N) is 2. The number of rotatable bonds is 5. The molecule has 0 bridgehead atoms. The topological polar surface area (TPSA) is 79.8 Å². The van der Waals surface area contributed by atoms with Crippen LogP contribution in [0.15, 0.2) is 42.5 Å². The summed E-state index contributed by atoms with van der Waals surface area (Å²) in [4.78, 5) is 11.9. The van der Waals surface area contributed by atoms with Crippen LogP contribution < -0.4 is 20.1 Å². The molecular formula is C17H18N2O4S. The van der Waals surface area contributed by atoms with Crippen molar-refractivity contribution in [2.45, 2.75) is 6.92 Å². The Morgan fingerprint density at radius 3 is 2.62 bits per heavy atom. The molecule has 0 aromatic heterocycles. The first-order chi connectivity index (χ1) is 11.5. The van der Waals surface area contributed by atoms with Gasteiger partial charge in [0.1, 0.15) is 5.75 Å². The van der Waals surface area contributed by atoms with E-state index in [-0.39, 0.29) is 17.5 Å². The number of para-hydroxylation sites is 2. The van der Waals surface area contributed by atoms with Gasteiger partial charge >= 0.3 is 0 Å². The van der Waals surface area contributed by atoms with Crippen molar-refractivity contribution < 1.29 is 19.4 Å². The number of benzene rings is 2. The van der Waals surface area contributed by atoms with Crippen molar-refractivity contribution in [3.05, 3.63) is 48.0 Å². The number of amides is 1. The lowest BCUT2D eigenvalue weighted by Crippen LogP contribution is -2.37. The van der Waals surface area contributed by atoms with E-state index in [4.69, 9.17) is 21.7 Å². The Morgan fingerprint density at radius 2 is 1.92 bits per heavy atom. The third-order valence-corrected chi connectivity index (χ3v) is 3.29. The average Bonchev–Trinajstić information content (AvgIpc) is 2.56. The van der Waals surface area contributed by atoms with Crippen LogP contribution in [0.1, 0.15) is 5.56 Å². The Morgan fingerprint density at radius 1 is 1.21 bits per heavy atom. The van der Waals surface area contributed by atoms with Gasteiger partial charge in [0.15, 0.2) is 23.2 Å². The lowest BCUT2D eigenvalue weighted by atomic mass is 10.2. The van der Waals surface area contributed by atoms with Crippen molar-refractivity contribution in [3.8, 4) is 17.2 Å². The summed E-state index contributed by atoms with van der Waals surface area (Å²) in [5, 5.41) is 15.1. The number of carbonyl (C=O) groups is 1. The fourth-order valence-corrected chi connectivity index (χ4v) is 2.17. The predicted octanol–water partition coefficient (Wildman–Crippen LogP) is 2.60. The molecule has 0 atom stereocenters. The third kappa shape index (κ3) is 4.85. The molecule has 0 fully saturated rings. The molecule has 126 valence electrons. The summed E-state index contributed by atoms with van der Waals surface area (Å²) in [5.74, 6) is 0.620. The first kappa shape index (κ1) is 17.6. The molecule has 2 aromatic rings. The lowest BCUT2D eigenvalue weighted by molar-refractivity contribution is -0.121. The van der Waals surface area contributed by atoms with Gasteiger partial charge in [-0.05, 0) is 49.0 Å². The zero-order chi connectivity index (χ0) is 17.5. The number of ether oxygens (including phenoxy) is 2. The minimum Gasteiger partial charge on any atom is -0.506 e. The smallest absolute Gasteiger partial charge is 0.264 e. The van der Waals surface area contributed by atoms with Crippen molar-refractivity contribution in [3.63, 3.8) is 0 Å². The maximum atomic E-state index is 11.9. The molecule has 0 unspecified atom stereocenters. The van der Waals surface area contributed by atoms with Crippen molar-refractivity contribution in [1.82, 2.24) is 5.32 Å². The third-order valence-electron chi connectivity index (χ3n) is 3.08. The molecule has 24 heavy (non-hydrogen) atoms. The Balaban J connectivity index is 1.88. The molecule has 6 nitrogen and oxygen atoms in total. The Hall–Kier alpha value is -2.80. The standard InChI is InChI=1S/C17H18N2O4S/c1-11-7-8-13(20)12(9-11)18-17(24)19-16(21)10-23-15-6-4-3-5-14(15)22-2/h3-9,20H,10H2,1-2H3,(H2,18,19,21,24). The maximum Gasteiger partial charge on any atom is 0.264 e. The zero-order valence-electron chi connectivity index (χ0n) is 13.3. The van der Waals surface area contributed by atoms with Crippen LogP contribution in [0.5, 0.6) is 17.2 Å². The van der Waals surface area contributed by atoms with E-state index in [2.05, 4.69) is 10.6 Å². The van der Waals surface area contributed by atoms with Crippen molar-refractivity contribution in [2.24, 2.45) is 0 Å². The summed E-state index contributed by atoms with van der Waals surface area (Å²) in [7, 11) is 1.52. The van der Waals surface area contributed by atoms with E-state index < -0.39 is 5.91 Å². The number of hydrogen-bond acceptors (Lipinski definition) is 5. The molecule has 0 saturated carbocycles. The van der Waals surface area contributed by atoms with Gasteiger partial charge in [-0.1, -0.05) is 18.2 Å². The molecule has 1 amide bonds. The summed E-state index contributed by atoms with van der Waals surface area (Å²) in [5.41, 5.74) is 1.37. The second-order valence-corrected chi connectivity index (χ2v) is 5.37. The molecule has 0 heterocycles. The number of anilines is 1. The molecule has 0 spiro atoms. The van der Waals surface area contributed by atoms with Crippen LogP contribution in [0.3, 0.4) is 0 Å². The van der Waals surface area contributed by atoms with Crippen LogP contribution in [0.25, 0.3) is 0 Å². The molecule has 2 rings (SSSR count). The van der Waals surface area contributed by atoms with Gasteiger partial charge in [-0.2, -0.15) is 0 Å². The van der Waals surface area contributed by atoms with Gasteiger partial charge in [-0.15, -0.1) is 0 Å². The van der Waals surface area contributed by atoms with Gasteiger partial charge in [-0.3, -0.25) is 10.1 Å². The van der Waals surface area contributed by atoms with Crippen LogP contribution >= 0.6 is 12.2 Å². The summed E-state index contributed by atoms with van der Waals surface area (Å²) in [6.45, 7) is 1.66.